The molecule has 0 bridgehead atoms. The maximum atomic E-state index is 12.9. The molecular formula is C22H23NO4. The number of piperidine rings is 1. The van der Waals surface area contributed by atoms with Gasteiger partial charge in [0.1, 0.15) is 11.3 Å². The lowest BCUT2D eigenvalue weighted by molar-refractivity contribution is 0.255. The van der Waals surface area contributed by atoms with Gasteiger partial charge in [-0.25, -0.2) is 0 Å². The van der Waals surface area contributed by atoms with Crippen LogP contribution in [0.2, 0.25) is 0 Å². The maximum Gasteiger partial charge on any atom is 0.235 e. The lowest BCUT2D eigenvalue weighted by atomic mass is 9.87. The van der Waals surface area contributed by atoms with Crippen molar-refractivity contribution in [3.63, 3.8) is 0 Å². The van der Waals surface area contributed by atoms with Gasteiger partial charge >= 0.3 is 0 Å². The highest BCUT2D eigenvalue weighted by atomic mass is 16.4. The highest BCUT2D eigenvalue weighted by molar-refractivity contribution is 5.85. The van der Waals surface area contributed by atoms with E-state index >= 15 is 0 Å². The van der Waals surface area contributed by atoms with Gasteiger partial charge in [0.25, 0.3) is 0 Å². The van der Waals surface area contributed by atoms with Crippen LogP contribution in [-0.2, 0) is 0 Å². The maximum absolute atomic E-state index is 12.9. The minimum absolute atomic E-state index is 0.115. The molecule has 0 spiro atoms. The lowest BCUT2D eigenvalue weighted by Crippen LogP contribution is -2.29. The van der Waals surface area contributed by atoms with E-state index in [2.05, 4.69) is 18.0 Å². The Balaban J connectivity index is 1.94. The summed E-state index contributed by atoms with van der Waals surface area (Å²) < 4.78 is 6.12. The van der Waals surface area contributed by atoms with Crippen LogP contribution in [0.15, 0.2) is 45.6 Å². The van der Waals surface area contributed by atoms with E-state index in [4.69, 9.17) is 4.42 Å². The zero-order chi connectivity index (χ0) is 19.1. The Labute approximate surface area is 157 Å². The number of hydrogen-bond acceptors (Lipinski definition) is 5. The second-order valence-corrected chi connectivity index (χ2v) is 7.46. The average Bonchev–Trinajstić information content (AvgIpc) is 2.66. The van der Waals surface area contributed by atoms with Gasteiger partial charge in [0.15, 0.2) is 5.76 Å². The van der Waals surface area contributed by atoms with Crippen LogP contribution in [0.5, 0.6) is 11.5 Å². The zero-order valence-electron chi connectivity index (χ0n) is 15.5. The lowest BCUT2D eigenvalue weighted by Gasteiger charge is -2.29. The van der Waals surface area contributed by atoms with Gasteiger partial charge in [-0.2, -0.15) is 0 Å². The molecule has 140 valence electrons. The standard InChI is InChI=1S/C22H23NO4/c1-13-11-17(14-7-9-23(2)10-8-14)22-18(12-13)19(25)20(26)21(27-22)15-3-5-16(24)6-4-15/h3-6,11-12,14,24,26H,7-10H2,1-2H3. The molecular weight excluding hydrogens is 342 g/mol. The van der Waals surface area contributed by atoms with Gasteiger partial charge in [-0.1, -0.05) is 6.07 Å². The number of hydrogen-bond donors (Lipinski definition) is 2. The van der Waals surface area contributed by atoms with Crippen molar-refractivity contribution >= 4 is 11.0 Å². The van der Waals surface area contributed by atoms with E-state index in [0.29, 0.717) is 22.5 Å². The van der Waals surface area contributed by atoms with Crippen molar-refractivity contribution in [2.45, 2.75) is 25.7 Å². The Morgan fingerprint density at radius 3 is 2.41 bits per heavy atom. The van der Waals surface area contributed by atoms with E-state index in [1.165, 1.54) is 12.1 Å². The van der Waals surface area contributed by atoms with Crippen LogP contribution in [0.1, 0.15) is 29.9 Å². The van der Waals surface area contributed by atoms with Gasteiger partial charge in [-0.15, -0.1) is 0 Å². The van der Waals surface area contributed by atoms with Crippen LogP contribution in [0.25, 0.3) is 22.3 Å². The number of likely N-dealkylation sites (tertiary alicyclic amines) is 1. The van der Waals surface area contributed by atoms with E-state index < -0.39 is 11.2 Å². The van der Waals surface area contributed by atoms with Crippen molar-refractivity contribution in [3.05, 3.63) is 57.7 Å². The van der Waals surface area contributed by atoms with E-state index in [1.807, 2.05) is 6.92 Å². The zero-order valence-corrected chi connectivity index (χ0v) is 15.5. The SMILES string of the molecule is Cc1cc(C2CCN(C)CC2)c2oc(-c3ccc(O)cc3)c(O)c(=O)c2c1. The molecule has 1 aromatic heterocycles. The predicted molar refractivity (Wildman–Crippen MR) is 105 cm³/mol. The summed E-state index contributed by atoms with van der Waals surface area (Å²) in [7, 11) is 2.12. The van der Waals surface area contributed by atoms with Crippen LogP contribution >= 0.6 is 0 Å². The number of aryl methyl sites for hydroxylation is 1. The van der Waals surface area contributed by atoms with Gasteiger partial charge < -0.3 is 19.5 Å². The molecule has 2 heterocycles. The first kappa shape index (κ1) is 17.6. The number of phenolic OH excluding ortho intramolecular Hbond substituents is 1. The molecule has 1 aliphatic heterocycles. The largest absolute Gasteiger partial charge is 0.508 e. The molecule has 1 saturated heterocycles. The minimum Gasteiger partial charge on any atom is -0.508 e. The Hall–Kier alpha value is -2.79. The minimum atomic E-state index is -0.419. The van der Waals surface area contributed by atoms with Gasteiger partial charge in [-0.3, -0.25) is 4.79 Å². The van der Waals surface area contributed by atoms with E-state index in [-0.39, 0.29) is 11.5 Å². The molecule has 3 aromatic rings. The summed E-state index contributed by atoms with van der Waals surface area (Å²) in [6, 6.07) is 10.1. The number of benzene rings is 2. The van der Waals surface area contributed by atoms with E-state index in [9.17, 15) is 15.0 Å². The quantitative estimate of drug-likeness (QED) is 0.718. The predicted octanol–water partition coefficient (Wildman–Crippen LogP) is 3.99. The summed E-state index contributed by atoms with van der Waals surface area (Å²) in [6.45, 7) is 3.97. The third-order valence-corrected chi connectivity index (χ3v) is 5.43. The van der Waals surface area contributed by atoms with Gasteiger partial charge in [0.05, 0.1) is 5.39 Å². The monoisotopic (exact) mass is 365 g/mol. The molecule has 27 heavy (non-hydrogen) atoms. The number of fused-ring (bicyclic) bond motifs is 1. The Kier molecular flexibility index (Phi) is 4.40. The Bertz CT molecular complexity index is 1040. The summed E-state index contributed by atoms with van der Waals surface area (Å²) in [5, 5.41) is 20.4. The fourth-order valence-corrected chi connectivity index (χ4v) is 3.90. The number of aromatic hydroxyl groups is 2. The summed E-state index contributed by atoms with van der Waals surface area (Å²) >= 11 is 0. The van der Waals surface area contributed by atoms with Crippen LogP contribution in [0, 0.1) is 6.92 Å². The summed E-state index contributed by atoms with van der Waals surface area (Å²) in [4.78, 5) is 15.2. The molecule has 0 aliphatic carbocycles. The van der Waals surface area contributed by atoms with Crippen molar-refractivity contribution in [3.8, 4) is 22.8 Å². The third kappa shape index (κ3) is 3.19. The highest BCUT2D eigenvalue weighted by Crippen LogP contribution is 2.37. The Morgan fingerprint density at radius 2 is 1.74 bits per heavy atom. The molecule has 0 atom stereocenters. The average molecular weight is 365 g/mol. The molecule has 0 saturated carbocycles. The van der Waals surface area contributed by atoms with E-state index in [1.54, 1.807) is 18.2 Å². The van der Waals surface area contributed by atoms with Crippen molar-refractivity contribution in [2.24, 2.45) is 0 Å². The van der Waals surface area contributed by atoms with Gasteiger partial charge in [-0.05, 0) is 87.3 Å². The molecule has 0 radical (unpaired) electrons. The smallest absolute Gasteiger partial charge is 0.235 e. The highest BCUT2D eigenvalue weighted by Gasteiger charge is 2.24. The van der Waals surface area contributed by atoms with Crippen molar-refractivity contribution in [2.75, 3.05) is 20.1 Å². The molecule has 5 heteroatoms. The molecule has 1 fully saturated rings. The molecule has 2 aromatic carbocycles. The molecule has 5 nitrogen and oxygen atoms in total. The normalized spacial score (nSPS) is 16.1. The van der Waals surface area contributed by atoms with Gasteiger partial charge in [0, 0.05) is 5.56 Å². The summed E-state index contributed by atoms with van der Waals surface area (Å²) in [5.41, 5.74) is 2.72. The molecule has 0 unspecified atom stereocenters. The summed E-state index contributed by atoms with van der Waals surface area (Å²) in [6.07, 6.45) is 2.02. The van der Waals surface area contributed by atoms with Crippen LogP contribution in [-0.4, -0.2) is 35.3 Å². The first-order valence-electron chi connectivity index (χ1n) is 9.22. The third-order valence-electron chi connectivity index (χ3n) is 5.43. The second-order valence-electron chi connectivity index (χ2n) is 7.46. The molecule has 2 N–H and O–H groups in total. The summed E-state index contributed by atoms with van der Waals surface area (Å²) in [5.74, 6) is 0.187. The molecule has 4 rings (SSSR count). The van der Waals surface area contributed by atoms with Crippen LogP contribution in [0.4, 0.5) is 0 Å². The Morgan fingerprint density at radius 1 is 1.07 bits per heavy atom. The first-order chi connectivity index (χ1) is 12.9. The van der Waals surface area contributed by atoms with Crippen LogP contribution in [0.3, 0.4) is 0 Å². The van der Waals surface area contributed by atoms with Crippen molar-refractivity contribution in [1.29, 1.82) is 0 Å². The molecule has 1 aliphatic rings. The van der Waals surface area contributed by atoms with E-state index in [0.717, 1.165) is 37.1 Å². The first-order valence-corrected chi connectivity index (χ1v) is 9.22. The fourth-order valence-electron chi connectivity index (χ4n) is 3.90. The second kappa shape index (κ2) is 6.74. The van der Waals surface area contributed by atoms with Crippen molar-refractivity contribution < 1.29 is 14.6 Å². The fraction of sp³-hybridized carbons (Fsp3) is 0.318. The topological polar surface area (TPSA) is 73.9 Å². The van der Waals surface area contributed by atoms with Crippen molar-refractivity contribution in [1.82, 2.24) is 4.90 Å². The van der Waals surface area contributed by atoms with Gasteiger partial charge in [0.2, 0.25) is 11.2 Å². The number of phenols is 1. The van der Waals surface area contributed by atoms with Crippen LogP contribution < -0.4 is 5.43 Å². The molecule has 0 amide bonds. The number of rotatable bonds is 2. The number of nitrogens with zero attached hydrogens (tertiary/aromatic N) is 1.